The molecule has 3 rings (SSSR count). The molecule has 108 valence electrons. The second kappa shape index (κ2) is 6.05. The molecule has 0 unspecified atom stereocenters. The number of nitrogens with one attached hydrogen (secondary N) is 2. The summed E-state index contributed by atoms with van der Waals surface area (Å²) in [5.41, 5.74) is 6.54. The number of rotatable bonds is 2. The molecule has 2 N–H and O–H groups in total. The fourth-order valence-corrected chi connectivity index (χ4v) is 3.50. The average Bonchev–Trinajstić information content (AvgIpc) is 2.97. The summed E-state index contributed by atoms with van der Waals surface area (Å²) in [5, 5.41) is 0. The Kier molecular flexibility index (Phi) is 3.96. The summed E-state index contributed by atoms with van der Waals surface area (Å²) < 4.78 is 0. The van der Waals surface area contributed by atoms with Crippen LogP contribution in [0.2, 0.25) is 0 Å². The van der Waals surface area contributed by atoms with Crippen molar-refractivity contribution in [2.24, 2.45) is 0 Å². The third-order valence-corrected chi connectivity index (χ3v) is 4.67. The molecule has 0 fully saturated rings. The molecular formula is C15H15N3O2S. The number of carbonyl (C=O) groups excluding carboxylic acids is 2. The van der Waals surface area contributed by atoms with Crippen molar-refractivity contribution in [3.8, 4) is 0 Å². The Labute approximate surface area is 126 Å². The summed E-state index contributed by atoms with van der Waals surface area (Å²) in [7, 11) is 0. The van der Waals surface area contributed by atoms with Gasteiger partial charge in [0.05, 0.1) is 10.4 Å². The van der Waals surface area contributed by atoms with Crippen LogP contribution in [0.3, 0.4) is 0 Å². The number of hydrazine groups is 1. The van der Waals surface area contributed by atoms with E-state index in [0.717, 1.165) is 12.8 Å². The maximum Gasteiger partial charge on any atom is 0.279 e. The third kappa shape index (κ3) is 3.11. The Bertz CT molecular complexity index is 643. The van der Waals surface area contributed by atoms with Gasteiger partial charge in [0.1, 0.15) is 0 Å². The van der Waals surface area contributed by atoms with Gasteiger partial charge in [0, 0.05) is 17.3 Å². The van der Waals surface area contributed by atoms with E-state index in [0.29, 0.717) is 10.4 Å². The number of amides is 2. The first-order valence-electron chi connectivity index (χ1n) is 6.86. The Morgan fingerprint density at radius 1 is 1.14 bits per heavy atom. The van der Waals surface area contributed by atoms with Crippen LogP contribution < -0.4 is 10.9 Å². The highest BCUT2D eigenvalue weighted by Gasteiger charge is 2.17. The van der Waals surface area contributed by atoms with Crippen molar-refractivity contribution in [2.45, 2.75) is 25.7 Å². The number of aromatic nitrogens is 1. The number of carbonyl (C=O) groups is 2. The van der Waals surface area contributed by atoms with E-state index >= 15 is 0 Å². The summed E-state index contributed by atoms with van der Waals surface area (Å²) >= 11 is 1.52. The number of pyridine rings is 1. The summed E-state index contributed by atoms with van der Waals surface area (Å²) in [6.07, 6.45) is 7.50. The van der Waals surface area contributed by atoms with Gasteiger partial charge in [-0.1, -0.05) is 0 Å². The Balaban J connectivity index is 1.62. The van der Waals surface area contributed by atoms with Crippen LogP contribution in [0.15, 0.2) is 30.6 Å². The van der Waals surface area contributed by atoms with Gasteiger partial charge in [0.25, 0.3) is 11.8 Å². The molecule has 2 amide bonds. The molecule has 2 heterocycles. The predicted molar refractivity (Wildman–Crippen MR) is 80.1 cm³/mol. The van der Waals surface area contributed by atoms with E-state index in [-0.39, 0.29) is 11.8 Å². The van der Waals surface area contributed by atoms with Gasteiger partial charge in [-0.2, -0.15) is 0 Å². The van der Waals surface area contributed by atoms with Crippen molar-refractivity contribution < 1.29 is 9.59 Å². The minimum atomic E-state index is -0.377. The largest absolute Gasteiger partial charge is 0.279 e. The zero-order valence-corrected chi connectivity index (χ0v) is 12.2. The third-order valence-electron chi connectivity index (χ3n) is 3.43. The molecule has 2 aromatic rings. The molecule has 0 spiro atoms. The van der Waals surface area contributed by atoms with E-state index in [1.165, 1.54) is 40.8 Å². The van der Waals surface area contributed by atoms with Crippen molar-refractivity contribution in [1.82, 2.24) is 15.8 Å². The lowest BCUT2D eigenvalue weighted by Crippen LogP contribution is -2.41. The fraction of sp³-hybridized carbons (Fsp3) is 0.267. The number of thiophene rings is 1. The molecule has 2 aromatic heterocycles. The Morgan fingerprint density at radius 2 is 1.95 bits per heavy atom. The van der Waals surface area contributed by atoms with Crippen LogP contribution in [0.4, 0.5) is 0 Å². The molecule has 0 saturated carbocycles. The van der Waals surface area contributed by atoms with Crippen LogP contribution in [-0.2, 0) is 12.8 Å². The first-order valence-corrected chi connectivity index (χ1v) is 7.68. The average molecular weight is 301 g/mol. The maximum absolute atomic E-state index is 12.1. The quantitative estimate of drug-likeness (QED) is 0.834. The molecule has 0 radical (unpaired) electrons. The number of hydrogen-bond acceptors (Lipinski definition) is 4. The van der Waals surface area contributed by atoms with Crippen molar-refractivity contribution in [3.05, 3.63) is 51.5 Å². The molecule has 5 nitrogen and oxygen atoms in total. The minimum absolute atomic E-state index is 0.272. The van der Waals surface area contributed by atoms with E-state index in [2.05, 4.69) is 15.8 Å². The molecule has 6 heteroatoms. The summed E-state index contributed by atoms with van der Waals surface area (Å²) in [5.74, 6) is -0.649. The number of fused-ring (bicyclic) bond motifs is 1. The van der Waals surface area contributed by atoms with Crippen LogP contribution in [-0.4, -0.2) is 16.8 Å². The first-order chi connectivity index (χ1) is 10.2. The molecular weight excluding hydrogens is 286 g/mol. The Hall–Kier alpha value is -2.21. The van der Waals surface area contributed by atoms with Gasteiger partial charge in [-0.05, 0) is 49.4 Å². The zero-order chi connectivity index (χ0) is 14.7. The second-order valence-corrected chi connectivity index (χ2v) is 6.05. The maximum atomic E-state index is 12.1. The fourth-order valence-electron chi connectivity index (χ4n) is 2.35. The lowest BCUT2D eigenvalue weighted by atomic mass is 9.99. The van der Waals surface area contributed by atoms with Gasteiger partial charge < -0.3 is 0 Å². The van der Waals surface area contributed by atoms with Crippen molar-refractivity contribution >= 4 is 23.2 Å². The summed E-state index contributed by atoms with van der Waals surface area (Å²) in [4.78, 5) is 29.7. The van der Waals surface area contributed by atoms with Crippen LogP contribution in [0, 0.1) is 0 Å². The second-order valence-electron chi connectivity index (χ2n) is 4.92. The lowest BCUT2D eigenvalue weighted by molar-refractivity contribution is 0.0848. The molecule has 0 bridgehead atoms. The highest BCUT2D eigenvalue weighted by molar-refractivity contribution is 7.14. The summed E-state index contributed by atoms with van der Waals surface area (Å²) in [6.45, 7) is 0. The number of hydrogen-bond donors (Lipinski definition) is 2. The van der Waals surface area contributed by atoms with Crippen molar-refractivity contribution in [2.75, 3.05) is 0 Å². The molecule has 0 aromatic carbocycles. The predicted octanol–water partition coefficient (Wildman–Crippen LogP) is 2.10. The van der Waals surface area contributed by atoms with Gasteiger partial charge in [-0.3, -0.25) is 25.4 Å². The number of aryl methyl sites for hydroxylation is 2. The monoisotopic (exact) mass is 301 g/mol. The van der Waals surface area contributed by atoms with Crippen molar-refractivity contribution in [3.63, 3.8) is 0 Å². The molecule has 1 aliphatic carbocycles. The van der Waals surface area contributed by atoms with Gasteiger partial charge in [-0.25, -0.2) is 0 Å². The van der Waals surface area contributed by atoms with E-state index in [4.69, 9.17) is 0 Å². The molecule has 1 aliphatic rings. The number of nitrogens with zero attached hydrogens (tertiary/aromatic N) is 1. The van der Waals surface area contributed by atoms with Crippen molar-refractivity contribution in [1.29, 1.82) is 0 Å². The summed E-state index contributed by atoms with van der Waals surface area (Å²) in [6, 6.07) is 5.24. The van der Waals surface area contributed by atoms with E-state index in [1.807, 2.05) is 6.07 Å². The van der Waals surface area contributed by atoms with Gasteiger partial charge >= 0.3 is 0 Å². The Morgan fingerprint density at radius 3 is 2.71 bits per heavy atom. The van der Waals surface area contributed by atoms with E-state index < -0.39 is 0 Å². The minimum Gasteiger partial charge on any atom is -0.267 e. The topological polar surface area (TPSA) is 71.1 Å². The van der Waals surface area contributed by atoms with Gasteiger partial charge in [0.15, 0.2) is 0 Å². The smallest absolute Gasteiger partial charge is 0.267 e. The van der Waals surface area contributed by atoms with Crippen LogP contribution in [0.25, 0.3) is 0 Å². The standard InChI is InChI=1S/C15H15N3O2S/c19-14(11-5-3-7-16-9-11)17-18-15(20)13-8-10-4-1-2-6-12(10)21-13/h3,5,7-9H,1-2,4,6H2,(H,17,19)(H,18,20). The molecule has 0 aliphatic heterocycles. The van der Waals surface area contributed by atoms with Crippen LogP contribution in [0.1, 0.15) is 43.3 Å². The first kappa shape index (κ1) is 13.8. The van der Waals surface area contributed by atoms with Crippen LogP contribution in [0.5, 0.6) is 0 Å². The van der Waals surface area contributed by atoms with Crippen LogP contribution >= 0.6 is 11.3 Å². The van der Waals surface area contributed by atoms with E-state index in [9.17, 15) is 9.59 Å². The molecule has 0 atom stereocenters. The normalized spacial score (nSPS) is 13.3. The highest BCUT2D eigenvalue weighted by Crippen LogP contribution is 2.29. The molecule has 21 heavy (non-hydrogen) atoms. The van der Waals surface area contributed by atoms with Gasteiger partial charge in [0.2, 0.25) is 0 Å². The highest BCUT2D eigenvalue weighted by atomic mass is 32.1. The zero-order valence-electron chi connectivity index (χ0n) is 11.4. The lowest BCUT2D eigenvalue weighted by Gasteiger charge is -2.08. The van der Waals surface area contributed by atoms with Gasteiger partial charge in [-0.15, -0.1) is 11.3 Å². The van der Waals surface area contributed by atoms with E-state index in [1.54, 1.807) is 18.3 Å². The SMILES string of the molecule is O=C(NNC(=O)c1cc2c(s1)CCCC2)c1cccnc1. The molecule has 0 saturated heterocycles.